The summed E-state index contributed by atoms with van der Waals surface area (Å²) < 4.78 is 19.5. The molecule has 0 radical (unpaired) electrons. The number of H-pyrrole nitrogens is 2. The molecule has 0 aliphatic carbocycles. The molecule has 10 nitrogen and oxygen atoms in total. The summed E-state index contributed by atoms with van der Waals surface area (Å²) in [7, 11) is -1.78. The van der Waals surface area contributed by atoms with E-state index >= 15 is 0 Å². The number of fused-ring (bicyclic) bond motifs is 2. The second-order valence-electron chi connectivity index (χ2n) is 15.1. The lowest BCUT2D eigenvalue weighted by Crippen LogP contribution is -2.41. The van der Waals surface area contributed by atoms with Crippen LogP contribution in [-0.4, -0.2) is 59.8 Å². The number of nitrogens with one attached hydrogen (secondary N) is 2. The van der Waals surface area contributed by atoms with Gasteiger partial charge in [0.05, 0.1) is 35.0 Å². The number of hydrogen-bond acceptors (Lipinski definition) is 8. The normalized spacial score (nSPS) is 11.8. The lowest BCUT2D eigenvalue weighted by atomic mass is 10.0. The van der Waals surface area contributed by atoms with Crippen LogP contribution >= 0.6 is 31.9 Å². The van der Waals surface area contributed by atoms with Gasteiger partial charge in [-0.2, -0.15) is 0 Å². The molecule has 0 amide bonds. The zero-order chi connectivity index (χ0) is 40.2. The van der Waals surface area contributed by atoms with Gasteiger partial charge >= 0.3 is 0 Å². The number of aliphatic hydroxyl groups excluding tert-OH is 1. The zero-order valence-electron chi connectivity index (χ0n) is 32.7. The van der Waals surface area contributed by atoms with E-state index < -0.39 is 8.32 Å². The summed E-state index contributed by atoms with van der Waals surface area (Å²) in [5.41, 5.74) is 6.53. The Morgan fingerprint density at radius 2 is 1.05 bits per heavy atom. The van der Waals surface area contributed by atoms with Gasteiger partial charge in [0, 0.05) is 20.1 Å². The van der Waals surface area contributed by atoms with Gasteiger partial charge < -0.3 is 29.0 Å². The molecule has 0 fully saturated rings. The minimum Gasteiger partial charge on any atom is -0.491 e. The lowest BCUT2D eigenvalue weighted by molar-refractivity contribution is 0.200. The third-order valence-corrected chi connectivity index (χ3v) is 15.3. The molecule has 0 saturated heterocycles. The van der Waals surface area contributed by atoms with Crippen molar-refractivity contribution in [2.24, 2.45) is 0 Å². The highest BCUT2D eigenvalue weighted by Crippen LogP contribution is 2.37. The van der Waals surface area contributed by atoms with E-state index in [0.717, 1.165) is 53.8 Å². The molecule has 2 aromatic heterocycles. The van der Waals surface area contributed by atoms with Crippen LogP contribution in [-0.2, 0) is 4.43 Å². The number of benzene rings is 4. The fourth-order valence-corrected chi connectivity index (χ4v) is 7.68. The van der Waals surface area contributed by atoms with E-state index in [0.29, 0.717) is 46.7 Å². The van der Waals surface area contributed by atoms with Gasteiger partial charge in [0.1, 0.15) is 36.4 Å². The first-order chi connectivity index (χ1) is 25.9. The van der Waals surface area contributed by atoms with Gasteiger partial charge in [-0.25, -0.2) is 9.97 Å². The van der Waals surface area contributed by atoms with Crippen LogP contribution in [0.4, 0.5) is 0 Å². The molecule has 0 bridgehead atoms. The Labute approximate surface area is 339 Å². The molecule has 6 aromatic rings. The van der Waals surface area contributed by atoms with Gasteiger partial charge in [-0.3, -0.25) is 9.59 Å². The minimum atomic E-state index is -1.78. The molecule has 0 atom stereocenters. The van der Waals surface area contributed by atoms with Crippen LogP contribution in [0.5, 0.6) is 11.5 Å². The molecule has 6 rings (SSSR count). The van der Waals surface area contributed by atoms with Crippen LogP contribution in [0.25, 0.3) is 44.6 Å². The molecule has 290 valence electrons. The van der Waals surface area contributed by atoms with Gasteiger partial charge in [0.2, 0.25) is 0 Å². The number of aromatic nitrogens is 4. The van der Waals surface area contributed by atoms with Crippen LogP contribution in [0, 0.1) is 27.7 Å². The monoisotopic (exact) mass is 890 g/mol. The molecule has 0 aliphatic heterocycles. The topological polar surface area (TPSA) is 139 Å². The second-order valence-corrected chi connectivity index (χ2v) is 21.7. The standard InChI is InChI=1S/C24H31BrN2O3Si.C18H17BrN2O3/c1-15-12-17(22-26-20-9-8-18(25)14-19(20)23(28)27-22)13-16(2)21(15)29-10-11-30-31(6,7)24(3,4)5;1-10-7-12(8-11(2)16(10)24-6-5-22)17-20-15-4-3-13(19)9-14(15)18(23)21-17/h8-9,12-14H,10-11H2,1-7H3,(H,26,27,28);3-4,7-9,22H,5-6H2,1-2H3,(H,20,21,23). The van der Waals surface area contributed by atoms with Crippen LogP contribution in [0.2, 0.25) is 18.1 Å². The molecule has 55 heavy (non-hydrogen) atoms. The average Bonchev–Trinajstić information content (AvgIpc) is 3.10. The first-order valence-corrected chi connectivity index (χ1v) is 22.5. The molecule has 0 saturated carbocycles. The van der Waals surface area contributed by atoms with Crippen molar-refractivity contribution in [3.05, 3.63) is 113 Å². The Kier molecular flexibility index (Phi) is 13.2. The van der Waals surface area contributed by atoms with Crippen molar-refractivity contribution in [3.63, 3.8) is 0 Å². The summed E-state index contributed by atoms with van der Waals surface area (Å²) in [6.45, 7) is 20.4. The molecular weight excluding hydrogens is 844 g/mol. The summed E-state index contributed by atoms with van der Waals surface area (Å²) in [6.07, 6.45) is 0. The van der Waals surface area contributed by atoms with E-state index in [-0.39, 0.29) is 29.4 Å². The minimum absolute atomic E-state index is 0.0320. The molecule has 13 heteroatoms. The highest BCUT2D eigenvalue weighted by atomic mass is 79.9. The number of rotatable bonds is 10. The highest BCUT2D eigenvalue weighted by molar-refractivity contribution is 9.10. The van der Waals surface area contributed by atoms with Gasteiger partial charge in [-0.1, -0.05) is 52.6 Å². The Hall–Kier alpha value is -4.14. The molecule has 4 aromatic carbocycles. The summed E-state index contributed by atoms with van der Waals surface area (Å²) in [4.78, 5) is 39.8. The van der Waals surface area contributed by atoms with Crippen molar-refractivity contribution >= 4 is 62.0 Å². The predicted molar refractivity (Wildman–Crippen MR) is 231 cm³/mol. The van der Waals surface area contributed by atoms with Gasteiger partial charge in [-0.05, 0) is 129 Å². The van der Waals surface area contributed by atoms with Crippen LogP contribution in [0.15, 0.2) is 79.2 Å². The van der Waals surface area contributed by atoms with Gasteiger partial charge in [-0.15, -0.1) is 0 Å². The smallest absolute Gasteiger partial charge is 0.259 e. The lowest BCUT2D eigenvalue weighted by Gasteiger charge is -2.36. The Morgan fingerprint density at radius 3 is 1.44 bits per heavy atom. The quantitative estimate of drug-likeness (QED) is 0.0913. The Bertz CT molecular complexity index is 2430. The maximum atomic E-state index is 12.5. The number of ether oxygens (including phenoxy) is 2. The van der Waals surface area contributed by atoms with E-state index in [1.165, 1.54) is 0 Å². The SMILES string of the molecule is Cc1cc(-c2nc3ccc(Br)cc3c(=O)[nH]2)cc(C)c1OCCO.Cc1cc(-c2nc3ccc(Br)cc3c(=O)[nH]2)cc(C)c1OCCO[Si](C)(C)C(C)(C)C. The number of aryl methyl sites for hydroxylation is 4. The fraction of sp³-hybridized carbons (Fsp3) is 0.333. The Balaban J connectivity index is 0.000000218. The fourth-order valence-electron chi connectivity index (χ4n) is 5.93. The molecule has 2 heterocycles. The summed E-state index contributed by atoms with van der Waals surface area (Å²) in [6, 6.07) is 18.8. The molecule has 0 aliphatic rings. The number of hydrogen-bond donors (Lipinski definition) is 3. The summed E-state index contributed by atoms with van der Waals surface area (Å²) >= 11 is 6.77. The third kappa shape index (κ3) is 10.0. The van der Waals surface area contributed by atoms with Crippen molar-refractivity contribution < 1.29 is 19.0 Å². The van der Waals surface area contributed by atoms with E-state index in [1.54, 1.807) is 12.1 Å². The summed E-state index contributed by atoms with van der Waals surface area (Å²) in [5.74, 6) is 2.68. The summed E-state index contributed by atoms with van der Waals surface area (Å²) in [5, 5.41) is 10.2. The number of aromatic amines is 2. The van der Waals surface area contributed by atoms with Crippen molar-refractivity contribution in [2.45, 2.75) is 66.6 Å². The number of halogens is 2. The largest absolute Gasteiger partial charge is 0.491 e. The van der Waals surface area contributed by atoms with Crippen molar-refractivity contribution in [3.8, 4) is 34.3 Å². The van der Waals surface area contributed by atoms with E-state index in [2.05, 4.69) is 85.7 Å². The molecular formula is C42H48Br2N4O6Si. The van der Waals surface area contributed by atoms with Crippen LogP contribution in [0.1, 0.15) is 43.0 Å². The van der Waals surface area contributed by atoms with Gasteiger partial charge in [0.15, 0.2) is 8.32 Å². The first-order valence-electron chi connectivity index (χ1n) is 18.0. The van der Waals surface area contributed by atoms with Gasteiger partial charge in [0.25, 0.3) is 11.1 Å². The van der Waals surface area contributed by atoms with E-state index in [9.17, 15) is 9.59 Å². The zero-order valence-corrected chi connectivity index (χ0v) is 36.9. The first kappa shape index (κ1) is 42.0. The maximum Gasteiger partial charge on any atom is 0.259 e. The van der Waals surface area contributed by atoms with E-state index in [4.69, 9.17) is 19.0 Å². The van der Waals surface area contributed by atoms with Crippen LogP contribution in [0.3, 0.4) is 0 Å². The number of aliphatic hydroxyl groups is 1. The molecule has 0 spiro atoms. The number of nitrogens with zero attached hydrogens (tertiary/aromatic N) is 2. The predicted octanol–water partition coefficient (Wildman–Crippen LogP) is 9.71. The van der Waals surface area contributed by atoms with Crippen molar-refractivity contribution in [1.82, 2.24) is 19.9 Å². The van der Waals surface area contributed by atoms with Crippen molar-refractivity contribution in [1.29, 1.82) is 0 Å². The molecule has 3 N–H and O–H groups in total. The second kappa shape index (κ2) is 17.3. The van der Waals surface area contributed by atoms with Crippen LogP contribution < -0.4 is 20.6 Å². The Morgan fingerprint density at radius 1 is 0.655 bits per heavy atom. The molecule has 0 unspecified atom stereocenters. The average molecular weight is 893 g/mol. The maximum absolute atomic E-state index is 12.5. The van der Waals surface area contributed by atoms with Crippen molar-refractivity contribution in [2.75, 3.05) is 26.4 Å². The van der Waals surface area contributed by atoms with E-state index in [1.807, 2.05) is 76.2 Å². The highest BCUT2D eigenvalue weighted by Gasteiger charge is 2.37. The third-order valence-electron chi connectivity index (χ3n) is 9.74.